The van der Waals surface area contributed by atoms with Gasteiger partial charge in [0.25, 0.3) is 5.91 Å². The quantitative estimate of drug-likeness (QED) is 0.526. The van der Waals surface area contributed by atoms with Crippen molar-refractivity contribution in [1.82, 2.24) is 10.4 Å². The normalized spacial score (nSPS) is 12.2. The van der Waals surface area contributed by atoms with Crippen molar-refractivity contribution in [2.45, 2.75) is 13.0 Å². The van der Waals surface area contributed by atoms with Crippen molar-refractivity contribution in [3.63, 3.8) is 0 Å². The van der Waals surface area contributed by atoms with E-state index in [2.05, 4.69) is 20.8 Å². The molecular formula is C18H18N4O2S. The largest absolute Gasteiger partial charge is 0.496 e. The van der Waals surface area contributed by atoms with E-state index in [0.717, 1.165) is 15.8 Å². The number of methoxy groups -OCH3 is 1. The zero-order valence-electron chi connectivity index (χ0n) is 13.9. The molecule has 1 atom stereocenters. The van der Waals surface area contributed by atoms with Gasteiger partial charge in [0, 0.05) is 5.56 Å². The van der Waals surface area contributed by atoms with Crippen LogP contribution >= 0.6 is 11.3 Å². The highest BCUT2D eigenvalue weighted by Crippen LogP contribution is 2.25. The Labute approximate surface area is 149 Å². The van der Waals surface area contributed by atoms with E-state index in [1.165, 1.54) is 11.3 Å². The first-order chi connectivity index (χ1) is 12.2. The number of hydrazone groups is 1. The van der Waals surface area contributed by atoms with Gasteiger partial charge < -0.3 is 10.1 Å². The molecule has 0 saturated heterocycles. The summed E-state index contributed by atoms with van der Waals surface area (Å²) in [7, 11) is 1.59. The van der Waals surface area contributed by atoms with Gasteiger partial charge in [0.2, 0.25) is 0 Å². The summed E-state index contributed by atoms with van der Waals surface area (Å²) in [5.41, 5.74) is 4.23. The third-order valence-electron chi connectivity index (χ3n) is 3.54. The molecule has 7 heteroatoms. The topological polar surface area (TPSA) is 75.6 Å². The van der Waals surface area contributed by atoms with Crippen LogP contribution in [0.15, 0.2) is 53.6 Å². The van der Waals surface area contributed by atoms with Crippen LogP contribution in [0.25, 0.3) is 10.2 Å². The van der Waals surface area contributed by atoms with Crippen LogP contribution in [-0.4, -0.2) is 30.3 Å². The fraction of sp³-hybridized carbons (Fsp3) is 0.167. The summed E-state index contributed by atoms with van der Waals surface area (Å²) in [5.74, 6) is 0.451. The first kappa shape index (κ1) is 16.9. The Kier molecular flexibility index (Phi) is 5.25. The third-order valence-corrected chi connectivity index (χ3v) is 4.51. The Morgan fingerprint density at radius 2 is 2.00 bits per heavy atom. The Balaban J connectivity index is 1.59. The molecule has 0 fully saturated rings. The van der Waals surface area contributed by atoms with Gasteiger partial charge in [-0.15, -0.1) is 0 Å². The van der Waals surface area contributed by atoms with Crippen LogP contribution in [-0.2, 0) is 4.79 Å². The van der Waals surface area contributed by atoms with Crippen molar-refractivity contribution >= 4 is 38.8 Å². The second-order valence-electron chi connectivity index (χ2n) is 5.33. The van der Waals surface area contributed by atoms with Crippen molar-refractivity contribution < 1.29 is 9.53 Å². The standard InChI is InChI=1S/C18H18N4O2S/c1-12(20-18-21-14-8-4-6-10-16(14)25-18)17(23)22-19-11-13-7-3-5-9-15(13)24-2/h3-12H,1-2H3,(H,20,21)(H,22,23)/b19-11-/t12-/m1/s1. The van der Waals surface area contributed by atoms with E-state index in [9.17, 15) is 4.79 Å². The Hall–Kier alpha value is -2.93. The maximum Gasteiger partial charge on any atom is 0.262 e. The molecule has 0 spiro atoms. The second-order valence-corrected chi connectivity index (χ2v) is 6.36. The van der Waals surface area contributed by atoms with Crippen LogP contribution in [0.5, 0.6) is 5.75 Å². The molecule has 1 aromatic heterocycles. The number of ether oxygens (including phenoxy) is 1. The van der Waals surface area contributed by atoms with Gasteiger partial charge in [-0.2, -0.15) is 5.10 Å². The van der Waals surface area contributed by atoms with Crippen molar-refractivity contribution in [1.29, 1.82) is 0 Å². The number of rotatable bonds is 6. The number of aromatic nitrogens is 1. The lowest BCUT2D eigenvalue weighted by atomic mass is 10.2. The molecule has 0 bridgehead atoms. The van der Waals surface area contributed by atoms with Gasteiger partial charge in [0.05, 0.1) is 23.5 Å². The summed E-state index contributed by atoms with van der Waals surface area (Å²) in [4.78, 5) is 16.6. The highest BCUT2D eigenvalue weighted by atomic mass is 32.1. The first-order valence-electron chi connectivity index (χ1n) is 7.75. The highest BCUT2D eigenvalue weighted by Gasteiger charge is 2.14. The summed E-state index contributed by atoms with van der Waals surface area (Å²) in [6, 6.07) is 14.8. The molecule has 0 aliphatic carbocycles. The molecule has 0 unspecified atom stereocenters. The van der Waals surface area contributed by atoms with E-state index < -0.39 is 6.04 Å². The Bertz CT molecular complexity index is 874. The molecule has 0 aliphatic rings. The summed E-state index contributed by atoms with van der Waals surface area (Å²) in [6.45, 7) is 1.76. The minimum atomic E-state index is -0.463. The fourth-order valence-electron chi connectivity index (χ4n) is 2.22. The molecular weight excluding hydrogens is 336 g/mol. The van der Waals surface area contributed by atoms with Crippen LogP contribution in [0.3, 0.4) is 0 Å². The number of anilines is 1. The van der Waals surface area contributed by atoms with Crippen LogP contribution in [0.4, 0.5) is 5.13 Å². The first-order valence-corrected chi connectivity index (χ1v) is 8.57. The number of fused-ring (bicyclic) bond motifs is 1. The molecule has 1 heterocycles. The smallest absolute Gasteiger partial charge is 0.262 e. The van der Waals surface area contributed by atoms with Gasteiger partial charge in [-0.1, -0.05) is 35.6 Å². The molecule has 0 saturated carbocycles. The molecule has 25 heavy (non-hydrogen) atoms. The average molecular weight is 354 g/mol. The number of amides is 1. The van der Waals surface area contributed by atoms with Crippen LogP contribution in [0, 0.1) is 0 Å². The number of carbonyl (C=O) groups is 1. The summed E-state index contributed by atoms with van der Waals surface area (Å²) < 4.78 is 6.31. The fourth-order valence-corrected chi connectivity index (χ4v) is 3.17. The van der Waals surface area contributed by atoms with Crippen molar-refractivity contribution in [3.05, 3.63) is 54.1 Å². The van der Waals surface area contributed by atoms with Gasteiger partial charge in [0.15, 0.2) is 5.13 Å². The van der Waals surface area contributed by atoms with Gasteiger partial charge in [-0.05, 0) is 31.2 Å². The lowest BCUT2D eigenvalue weighted by molar-refractivity contribution is -0.121. The molecule has 6 nitrogen and oxygen atoms in total. The van der Waals surface area contributed by atoms with Crippen molar-refractivity contribution in [2.75, 3.05) is 12.4 Å². The number of benzene rings is 2. The summed E-state index contributed by atoms with van der Waals surface area (Å²) in [5, 5.41) is 7.80. The number of hydrogen-bond acceptors (Lipinski definition) is 6. The van der Waals surface area contributed by atoms with Crippen LogP contribution < -0.4 is 15.5 Å². The van der Waals surface area contributed by atoms with Gasteiger partial charge in [-0.25, -0.2) is 10.4 Å². The van der Waals surface area contributed by atoms with Crippen molar-refractivity contribution in [2.24, 2.45) is 5.10 Å². The van der Waals surface area contributed by atoms with Crippen LogP contribution in [0.1, 0.15) is 12.5 Å². The maximum absolute atomic E-state index is 12.2. The molecule has 2 N–H and O–H groups in total. The van der Waals surface area contributed by atoms with E-state index in [0.29, 0.717) is 10.9 Å². The number of nitrogens with one attached hydrogen (secondary N) is 2. The van der Waals surface area contributed by atoms with E-state index in [1.54, 1.807) is 20.2 Å². The lowest BCUT2D eigenvalue weighted by Crippen LogP contribution is -2.34. The summed E-state index contributed by atoms with van der Waals surface area (Å²) in [6.07, 6.45) is 1.56. The SMILES string of the molecule is COc1ccccc1/C=N\NC(=O)[C@@H](C)Nc1nc2ccccc2s1. The molecule has 3 aromatic rings. The minimum Gasteiger partial charge on any atom is -0.496 e. The lowest BCUT2D eigenvalue weighted by Gasteiger charge is -2.10. The predicted molar refractivity (Wildman–Crippen MR) is 101 cm³/mol. The molecule has 1 amide bonds. The van der Waals surface area contributed by atoms with Gasteiger partial charge in [-0.3, -0.25) is 4.79 Å². The zero-order valence-corrected chi connectivity index (χ0v) is 14.7. The molecule has 3 rings (SSSR count). The maximum atomic E-state index is 12.2. The van der Waals surface area contributed by atoms with E-state index in [-0.39, 0.29) is 5.91 Å². The number of hydrogen-bond donors (Lipinski definition) is 2. The molecule has 128 valence electrons. The summed E-state index contributed by atoms with van der Waals surface area (Å²) >= 11 is 1.51. The van der Waals surface area contributed by atoms with E-state index in [1.807, 2.05) is 48.5 Å². The third kappa shape index (κ3) is 4.13. The van der Waals surface area contributed by atoms with E-state index in [4.69, 9.17) is 4.74 Å². The minimum absolute atomic E-state index is 0.245. The van der Waals surface area contributed by atoms with E-state index >= 15 is 0 Å². The molecule has 0 radical (unpaired) electrons. The number of carbonyl (C=O) groups excluding carboxylic acids is 1. The highest BCUT2D eigenvalue weighted by molar-refractivity contribution is 7.22. The van der Waals surface area contributed by atoms with Gasteiger partial charge in [0.1, 0.15) is 11.8 Å². The number of thiazole rings is 1. The monoisotopic (exact) mass is 354 g/mol. The Morgan fingerprint density at radius 1 is 1.24 bits per heavy atom. The second kappa shape index (κ2) is 7.76. The Morgan fingerprint density at radius 3 is 2.80 bits per heavy atom. The average Bonchev–Trinajstić information content (AvgIpc) is 3.04. The molecule has 2 aromatic carbocycles. The van der Waals surface area contributed by atoms with Gasteiger partial charge >= 0.3 is 0 Å². The molecule has 0 aliphatic heterocycles. The zero-order chi connectivity index (χ0) is 17.6. The predicted octanol–water partition coefficient (Wildman–Crippen LogP) is 3.26. The van der Waals surface area contributed by atoms with Crippen LogP contribution in [0.2, 0.25) is 0 Å². The van der Waals surface area contributed by atoms with Crippen molar-refractivity contribution in [3.8, 4) is 5.75 Å². The number of para-hydroxylation sites is 2. The number of nitrogens with zero attached hydrogens (tertiary/aromatic N) is 2.